The Labute approximate surface area is 136 Å². The SMILES string of the molecule is CN1CCN(c2ncc(-c3ccc4ccccc4c3)cn2)CC1. The maximum Gasteiger partial charge on any atom is 0.225 e. The molecule has 4 rings (SSSR count). The van der Waals surface area contributed by atoms with Gasteiger partial charge in [0.25, 0.3) is 0 Å². The number of fused-ring (bicyclic) bond motifs is 1. The van der Waals surface area contributed by atoms with Crippen LogP contribution in [0.4, 0.5) is 5.95 Å². The molecule has 2 heterocycles. The monoisotopic (exact) mass is 304 g/mol. The summed E-state index contributed by atoms with van der Waals surface area (Å²) in [7, 11) is 2.15. The lowest BCUT2D eigenvalue weighted by Crippen LogP contribution is -2.45. The Hall–Kier alpha value is -2.46. The summed E-state index contributed by atoms with van der Waals surface area (Å²) >= 11 is 0. The number of aromatic nitrogens is 2. The van der Waals surface area contributed by atoms with Crippen molar-refractivity contribution in [1.29, 1.82) is 0 Å². The van der Waals surface area contributed by atoms with Crippen LogP contribution in [0.1, 0.15) is 0 Å². The zero-order valence-electron chi connectivity index (χ0n) is 13.3. The fourth-order valence-electron chi connectivity index (χ4n) is 3.01. The second kappa shape index (κ2) is 5.97. The maximum absolute atomic E-state index is 4.58. The predicted molar refractivity (Wildman–Crippen MR) is 94.7 cm³/mol. The summed E-state index contributed by atoms with van der Waals surface area (Å²) in [6, 6.07) is 14.9. The van der Waals surface area contributed by atoms with E-state index in [2.05, 4.69) is 69.3 Å². The van der Waals surface area contributed by atoms with Crippen molar-refractivity contribution in [3.05, 3.63) is 54.9 Å². The van der Waals surface area contributed by atoms with E-state index in [0.29, 0.717) is 0 Å². The van der Waals surface area contributed by atoms with E-state index >= 15 is 0 Å². The fraction of sp³-hybridized carbons (Fsp3) is 0.263. The zero-order valence-corrected chi connectivity index (χ0v) is 13.3. The molecule has 0 amide bonds. The standard InChI is InChI=1S/C19H20N4/c1-22-8-10-23(11-9-22)19-20-13-18(14-21-19)17-7-6-15-4-2-3-5-16(15)12-17/h2-7,12-14H,8-11H2,1H3. The lowest BCUT2D eigenvalue weighted by atomic mass is 10.0. The van der Waals surface area contributed by atoms with E-state index in [1.807, 2.05) is 12.4 Å². The third-order valence-electron chi connectivity index (χ3n) is 4.51. The number of anilines is 1. The molecule has 0 aliphatic carbocycles. The van der Waals surface area contributed by atoms with Crippen LogP contribution in [0.5, 0.6) is 0 Å². The van der Waals surface area contributed by atoms with E-state index < -0.39 is 0 Å². The van der Waals surface area contributed by atoms with Gasteiger partial charge in [0.05, 0.1) is 0 Å². The normalized spacial score (nSPS) is 16.0. The van der Waals surface area contributed by atoms with Gasteiger partial charge in [-0.05, 0) is 29.4 Å². The average Bonchev–Trinajstić information content (AvgIpc) is 2.62. The van der Waals surface area contributed by atoms with Crippen LogP contribution in [-0.2, 0) is 0 Å². The van der Waals surface area contributed by atoms with Crippen molar-refractivity contribution >= 4 is 16.7 Å². The van der Waals surface area contributed by atoms with Gasteiger partial charge in [-0.25, -0.2) is 9.97 Å². The highest BCUT2D eigenvalue weighted by molar-refractivity contribution is 5.87. The minimum absolute atomic E-state index is 0.836. The number of hydrogen-bond acceptors (Lipinski definition) is 4. The molecule has 0 radical (unpaired) electrons. The highest BCUT2D eigenvalue weighted by Crippen LogP contribution is 2.24. The van der Waals surface area contributed by atoms with Crippen LogP contribution in [0.25, 0.3) is 21.9 Å². The first-order valence-electron chi connectivity index (χ1n) is 8.04. The average molecular weight is 304 g/mol. The summed E-state index contributed by atoms with van der Waals surface area (Å²) in [5.41, 5.74) is 2.22. The van der Waals surface area contributed by atoms with Gasteiger partial charge in [0.2, 0.25) is 5.95 Å². The molecule has 1 aliphatic rings. The topological polar surface area (TPSA) is 32.3 Å². The summed E-state index contributed by atoms with van der Waals surface area (Å²) in [5, 5.41) is 2.50. The first-order chi connectivity index (χ1) is 11.3. The van der Waals surface area contributed by atoms with Gasteiger partial charge in [-0.3, -0.25) is 0 Å². The van der Waals surface area contributed by atoms with Crippen molar-refractivity contribution < 1.29 is 0 Å². The van der Waals surface area contributed by atoms with Gasteiger partial charge in [-0.15, -0.1) is 0 Å². The Morgan fingerprint density at radius 1 is 0.783 bits per heavy atom. The van der Waals surface area contributed by atoms with Gasteiger partial charge in [0.1, 0.15) is 0 Å². The third-order valence-corrected chi connectivity index (χ3v) is 4.51. The first-order valence-corrected chi connectivity index (χ1v) is 8.04. The molecule has 0 spiro atoms. The van der Waals surface area contributed by atoms with Crippen LogP contribution >= 0.6 is 0 Å². The summed E-state index contributed by atoms with van der Waals surface area (Å²) in [5.74, 6) is 0.836. The fourth-order valence-corrected chi connectivity index (χ4v) is 3.01. The van der Waals surface area contributed by atoms with E-state index in [9.17, 15) is 0 Å². The lowest BCUT2D eigenvalue weighted by Gasteiger charge is -2.32. The van der Waals surface area contributed by atoms with Crippen LogP contribution < -0.4 is 4.90 Å². The molecule has 0 atom stereocenters. The minimum atomic E-state index is 0.836. The second-order valence-corrected chi connectivity index (χ2v) is 6.12. The summed E-state index contributed by atoms with van der Waals surface area (Å²) in [4.78, 5) is 13.7. The molecule has 23 heavy (non-hydrogen) atoms. The minimum Gasteiger partial charge on any atom is -0.338 e. The van der Waals surface area contributed by atoms with Crippen LogP contribution in [0.2, 0.25) is 0 Å². The largest absolute Gasteiger partial charge is 0.338 e. The lowest BCUT2D eigenvalue weighted by molar-refractivity contribution is 0.311. The van der Waals surface area contributed by atoms with Crippen molar-refractivity contribution in [3.8, 4) is 11.1 Å². The van der Waals surface area contributed by atoms with E-state index in [4.69, 9.17) is 0 Å². The van der Waals surface area contributed by atoms with Crippen molar-refractivity contribution in [1.82, 2.24) is 14.9 Å². The molecule has 0 bridgehead atoms. The molecule has 0 N–H and O–H groups in total. The number of nitrogens with zero attached hydrogens (tertiary/aromatic N) is 4. The summed E-state index contributed by atoms with van der Waals surface area (Å²) < 4.78 is 0. The van der Waals surface area contributed by atoms with Gasteiger partial charge < -0.3 is 9.80 Å². The molecule has 1 saturated heterocycles. The number of benzene rings is 2. The molecule has 4 heteroatoms. The zero-order chi connectivity index (χ0) is 15.6. The number of likely N-dealkylation sites (N-methyl/N-ethyl adjacent to an activating group) is 1. The Morgan fingerprint density at radius 3 is 2.22 bits per heavy atom. The van der Waals surface area contributed by atoms with E-state index in [0.717, 1.165) is 43.3 Å². The van der Waals surface area contributed by atoms with Crippen LogP contribution in [0.3, 0.4) is 0 Å². The van der Waals surface area contributed by atoms with Crippen LogP contribution in [0.15, 0.2) is 54.9 Å². The molecular weight excluding hydrogens is 284 g/mol. The maximum atomic E-state index is 4.58. The Morgan fingerprint density at radius 2 is 1.48 bits per heavy atom. The molecule has 4 nitrogen and oxygen atoms in total. The summed E-state index contributed by atoms with van der Waals surface area (Å²) in [6.07, 6.45) is 3.87. The quantitative estimate of drug-likeness (QED) is 0.728. The number of hydrogen-bond donors (Lipinski definition) is 0. The van der Waals surface area contributed by atoms with Crippen LogP contribution in [-0.4, -0.2) is 48.1 Å². The Bertz CT molecular complexity index is 805. The molecule has 2 aromatic carbocycles. The van der Waals surface area contributed by atoms with Gasteiger partial charge in [-0.2, -0.15) is 0 Å². The van der Waals surface area contributed by atoms with Crippen molar-refractivity contribution in [2.45, 2.75) is 0 Å². The van der Waals surface area contributed by atoms with Gasteiger partial charge >= 0.3 is 0 Å². The molecule has 0 unspecified atom stereocenters. The smallest absolute Gasteiger partial charge is 0.225 e. The van der Waals surface area contributed by atoms with E-state index in [1.165, 1.54) is 10.8 Å². The van der Waals surface area contributed by atoms with E-state index in [-0.39, 0.29) is 0 Å². The molecule has 1 aliphatic heterocycles. The third kappa shape index (κ3) is 2.90. The van der Waals surface area contributed by atoms with Gasteiger partial charge in [-0.1, -0.05) is 36.4 Å². The second-order valence-electron chi connectivity index (χ2n) is 6.12. The molecule has 0 saturated carbocycles. The van der Waals surface area contributed by atoms with Crippen molar-refractivity contribution in [3.63, 3.8) is 0 Å². The van der Waals surface area contributed by atoms with Crippen molar-refractivity contribution in [2.75, 3.05) is 38.1 Å². The molecule has 1 aromatic heterocycles. The van der Waals surface area contributed by atoms with Gasteiger partial charge in [0, 0.05) is 44.1 Å². The highest BCUT2D eigenvalue weighted by Gasteiger charge is 2.16. The highest BCUT2D eigenvalue weighted by atomic mass is 15.3. The number of rotatable bonds is 2. The van der Waals surface area contributed by atoms with Crippen LogP contribution in [0, 0.1) is 0 Å². The first kappa shape index (κ1) is 14.2. The molecule has 1 fully saturated rings. The Kier molecular flexibility index (Phi) is 3.67. The van der Waals surface area contributed by atoms with Gasteiger partial charge in [0.15, 0.2) is 0 Å². The van der Waals surface area contributed by atoms with Crippen molar-refractivity contribution in [2.24, 2.45) is 0 Å². The summed E-state index contributed by atoms with van der Waals surface area (Å²) in [6.45, 7) is 4.11. The Balaban J connectivity index is 1.59. The van der Waals surface area contributed by atoms with E-state index in [1.54, 1.807) is 0 Å². The number of piperazine rings is 1. The molecule has 116 valence electrons. The molecule has 3 aromatic rings. The molecular formula is C19H20N4. The predicted octanol–water partition coefficient (Wildman–Crippen LogP) is 3.05.